The van der Waals surface area contributed by atoms with Crippen LogP contribution >= 0.6 is 11.6 Å². The van der Waals surface area contributed by atoms with Gasteiger partial charge in [0, 0.05) is 10.6 Å². The predicted octanol–water partition coefficient (Wildman–Crippen LogP) is 5.99. The molecule has 0 saturated heterocycles. The Bertz CT molecular complexity index is 1140. The summed E-state index contributed by atoms with van der Waals surface area (Å²) in [7, 11) is -1.74. The van der Waals surface area contributed by atoms with Gasteiger partial charge in [-0.25, -0.2) is 9.18 Å². The number of benzene rings is 1. The lowest BCUT2D eigenvalue weighted by molar-refractivity contribution is -0.121. The van der Waals surface area contributed by atoms with E-state index in [-0.39, 0.29) is 28.2 Å². The van der Waals surface area contributed by atoms with Crippen LogP contribution < -0.4 is 10.6 Å². The Hall–Kier alpha value is -2.39. The van der Waals surface area contributed by atoms with Gasteiger partial charge in [-0.15, -0.1) is 0 Å². The minimum atomic E-state index is -1.74. The lowest BCUT2D eigenvalue weighted by Crippen LogP contribution is -2.52. The van der Waals surface area contributed by atoms with E-state index in [0.717, 1.165) is 30.5 Å². The van der Waals surface area contributed by atoms with Crippen LogP contribution in [0, 0.1) is 12.7 Å². The Balaban J connectivity index is 1.57. The maximum Gasteiger partial charge on any atom is 0.323 e. The van der Waals surface area contributed by atoms with Crippen LogP contribution in [-0.2, 0) is 16.9 Å². The molecule has 3 amide bonds. The van der Waals surface area contributed by atoms with Gasteiger partial charge >= 0.3 is 6.03 Å². The Morgan fingerprint density at radius 2 is 1.88 bits per heavy atom. The first-order valence-corrected chi connectivity index (χ1v) is 15.1. The molecule has 2 aromatic rings. The number of aryl methyl sites for hydroxylation is 1. The fourth-order valence-corrected chi connectivity index (χ4v) is 7.76. The average molecular weight is 492 g/mol. The number of H-pyrrole nitrogens is 1. The number of anilines is 2. The first-order valence-electron chi connectivity index (χ1n) is 11.2. The number of amides is 3. The highest BCUT2D eigenvalue weighted by molar-refractivity contribution is 6.83. The molecule has 0 bridgehead atoms. The molecule has 1 saturated carbocycles. The molecule has 1 fully saturated rings. The molecule has 10 heteroatoms. The van der Waals surface area contributed by atoms with Crippen LogP contribution in [0.1, 0.15) is 49.9 Å². The van der Waals surface area contributed by atoms with E-state index < -0.39 is 25.5 Å². The minimum Gasteiger partial charge on any atom is -0.309 e. The van der Waals surface area contributed by atoms with E-state index in [1.807, 2.05) is 13.8 Å². The number of fused-ring (bicyclic) bond motifs is 1. The Morgan fingerprint density at radius 1 is 1.21 bits per heavy atom. The second kappa shape index (κ2) is 7.84. The van der Waals surface area contributed by atoms with Crippen molar-refractivity contribution in [3.8, 4) is 0 Å². The molecule has 1 aromatic carbocycles. The average Bonchev–Trinajstić information content (AvgIpc) is 3.18. The normalized spacial score (nSPS) is 18.5. The standard InChI is InChI=1S/C23H31ClFN5O2Si/c1-13-8-9-15(24)17(16(13)25)26-21(32)30-12-14-18(22(30,2)3)28-29-19(14)27-20(31)23(10-7-11-23)33(4,5)6/h8-9H,7,10-12H2,1-6H3,(H,26,32)(H2,27,28,29,31). The highest BCUT2D eigenvalue weighted by atomic mass is 35.5. The molecule has 7 nitrogen and oxygen atoms in total. The molecule has 3 N–H and O–H groups in total. The second-order valence-corrected chi connectivity index (χ2v) is 16.6. The van der Waals surface area contributed by atoms with Crippen molar-refractivity contribution >= 4 is 43.1 Å². The number of hydrogen-bond acceptors (Lipinski definition) is 3. The third-order valence-corrected chi connectivity index (χ3v) is 11.5. The summed E-state index contributed by atoms with van der Waals surface area (Å²) >= 11 is 6.14. The van der Waals surface area contributed by atoms with E-state index in [1.165, 1.54) is 0 Å². The Kier molecular flexibility index (Phi) is 5.64. The molecule has 1 aromatic heterocycles. The summed E-state index contributed by atoms with van der Waals surface area (Å²) in [4.78, 5) is 28.1. The fourth-order valence-electron chi connectivity index (χ4n) is 4.97. The van der Waals surface area contributed by atoms with E-state index in [9.17, 15) is 14.0 Å². The van der Waals surface area contributed by atoms with E-state index in [2.05, 4.69) is 40.5 Å². The first kappa shape index (κ1) is 23.8. The molecular formula is C23H31ClFN5O2Si. The molecule has 0 spiro atoms. The number of rotatable bonds is 4. The monoisotopic (exact) mass is 491 g/mol. The zero-order valence-corrected chi connectivity index (χ0v) is 21.7. The third-order valence-electron chi connectivity index (χ3n) is 7.54. The highest BCUT2D eigenvalue weighted by Gasteiger charge is 2.54. The topological polar surface area (TPSA) is 90.1 Å². The highest BCUT2D eigenvalue weighted by Crippen LogP contribution is 2.56. The third kappa shape index (κ3) is 3.65. The first-order chi connectivity index (χ1) is 15.3. The quantitative estimate of drug-likeness (QED) is 0.458. The second-order valence-electron chi connectivity index (χ2n) is 10.7. The minimum absolute atomic E-state index is 0.0246. The van der Waals surface area contributed by atoms with Gasteiger partial charge in [0.2, 0.25) is 5.91 Å². The number of nitrogens with zero attached hydrogens (tertiary/aromatic N) is 2. The zero-order valence-electron chi connectivity index (χ0n) is 19.9. The van der Waals surface area contributed by atoms with Crippen molar-refractivity contribution < 1.29 is 14.0 Å². The van der Waals surface area contributed by atoms with E-state index in [1.54, 1.807) is 24.0 Å². The van der Waals surface area contributed by atoms with Crippen molar-refractivity contribution in [1.82, 2.24) is 15.1 Å². The summed E-state index contributed by atoms with van der Waals surface area (Å²) in [6.07, 6.45) is 2.88. The summed E-state index contributed by atoms with van der Waals surface area (Å²) in [6.45, 7) is 12.3. The van der Waals surface area contributed by atoms with Crippen molar-refractivity contribution in [2.24, 2.45) is 0 Å². The molecule has 2 heterocycles. The van der Waals surface area contributed by atoms with Crippen molar-refractivity contribution in [3.05, 3.63) is 39.8 Å². The van der Waals surface area contributed by atoms with Crippen molar-refractivity contribution in [1.29, 1.82) is 0 Å². The van der Waals surface area contributed by atoms with Crippen molar-refractivity contribution in [2.45, 2.75) is 76.8 Å². The predicted molar refractivity (Wildman–Crippen MR) is 131 cm³/mol. The van der Waals surface area contributed by atoms with Crippen LogP contribution in [0.15, 0.2) is 12.1 Å². The van der Waals surface area contributed by atoms with Gasteiger partial charge in [-0.1, -0.05) is 43.7 Å². The molecule has 178 valence electrons. The largest absolute Gasteiger partial charge is 0.323 e. The number of urea groups is 1. The number of aromatic nitrogens is 2. The number of hydrogen-bond donors (Lipinski definition) is 3. The van der Waals surface area contributed by atoms with Crippen LogP contribution in [0.5, 0.6) is 0 Å². The van der Waals surface area contributed by atoms with Gasteiger partial charge in [-0.3, -0.25) is 9.89 Å². The lowest BCUT2D eigenvalue weighted by atomic mass is 9.83. The maximum absolute atomic E-state index is 14.6. The van der Waals surface area contributed by atoms with Gasteiger partial charge in [-0.05, 0) is 45.2 Å². The zero-order chi connectivity index (χ0) is 24.3. The van der Waals surface area contributed by atoms with Crippen molar-refractivity contribution in [2.75, 3.05) is 10.6 Å². The van der Waals surface area contributed by atoms with Gasteiger partial charge in [-0.2, -0.15) is 5.10 Å². The van der Waals surface area contributed by atoms with Crippen LogP contribution in [-0.4, -0.2) is 35.1 Å². The molecule has 1 aliphatic heterocycles. The summed E-state index contributed by atoms with van der Waals surface area (Å²) in [5.74, 6) is -0.0719. The lowest BCUT2D eigenvalue weighted by Gasteiger charge is -2.48. The molecule has 0 atom stereocenters. The number of aromatic amines is 1. The van der Waals surface area contributed by atoms with Gasteiger partial charge < -0.3 is 15.5 Å². The molecule has 1 aliphatic carbocycles. The van der Waals surface area contributed by atoms with Crippen LogP contribution in [0.2, 0.25) is 29.7 Å². The number of carbonyl (C=O) groups is 2. The van der Waals surface area contributed by atoms with E-state index in [4.69, 9.17) is 11.6 Å². The smallest absolute Gasteiger partial charge is 0.309 e. The Labute approximate surface area is 199 Å². The molecule has 33 heavy (non-hydrogen) atoms. The van der Waals surface area contributed by atoms with E-state index >= 15 is 0 Å². The summed E-state index contributed by atoms with van der Waals surface area (Å²) < 4.78 is 14.6. The van der Waals surface area contributed by atoms with E-state index in [0.29, 0.717) is 11.4 Å². The Morgan fingerprint density at radius 3 is 2.45 bits per heavy atom. The van der Waals surface area contributed by atoms with Crippen LogP contribution in [0.3, 0.4) is 0 Å². The SMILES string of the molecule is Cc1ccc(Cl)c(NC(=O)N2Cc3c(NC(=O)C4([Si](C)(C)C)CCC4)n[nH]c3C2(C)C)c1F. The summed E-state index contributed by atoms with van der Waals surface area (Å²) in [6, 6.07) is 2.64. The van der Waals surface area contributed by atoms with Gasteiger partial charge in [0.1, 0.15) is 0 Å². The molecule has 2 aliphatic rings. The van der Waals surface area contributed by atoms with Gasteiger partial charge in [0.15, 0.2) is 11.6 Å². The fraction of sp³-hybridized carbons (Fsp3) is 0.522. The molecule has 0 radical (unpaired) electrons. The van der Waals surface area contributed by atoms with Crippen molar-refractivity contribution in [3.63, 3.8) is 0 Å². The number of nitrogens with one attached hydrogen (secondary N) is 3. The molecule has 4 rings (SSSR count). The van der Waals surface area contributed by atoms with Crippen LogP contribution in [0.4, 0.5) is 20.7 Å². The van der Waals surface area contributed by atoms with Gasteiger partial charge in [0.05, 0.1) is 36.6 Å². The van der Waals surface area contributed by atoms with Gasteiger partial charge in [0.25, 0.3) is 0 Å². The summed E-state index contributed by atoms with van der Waals surface area (Å²) in [5.41, 5.74) is 1.13. The number of halogens is 2. The molecule has 0 unspecified atom stereocenters. The molecular weight excluding hydrogens is 461 g/mol. The number of carbonyl (C=O) groups excluding carboxylic acids is 2. The van der Waals surface area contributed by atoms with Crippen LogP contribution in [0.25, 0.3) is 0 Å². The summed E-state index contributed by atoms with van der Waals surface area (Å²) in [5, 5.41) is 12.9. The maximum atomic E-state index is 14.6.